The quantitative estimate of drug-likeness (QED) is 0.647. The highest BCUT2D eigenvalue weighted by molar-refractivity contribution is 7.20. The summed E-state index contributed by atoms with van der Waals surface area (Å²) in [6.07, 6.45) is 0. The Morgan fingerprint density at radius 3 is 2.23 bits per heavy atom. The van der Waals surface area contributed by atoms with Crippen LogP contribution < -0.4 is 0 Å². The van der Waals surface area contributed by atoms with E-state index in [0.717, 1.165) is 15.5 Å². The van der Waals surface area contributed by atoms with Crippen LogP contribution in [0, 0.1) is 0 Å². The summed E-state index contributed by atoms with van der Waals surface area (Å²) >= 11 is 20.5. The molecule has 0 N–H and O–H groups in total. The van der Waals surface area contributed by atoms with Gasteiger partial charge in [-0.3, -0.25) is 0 Å². The van der Waals surface area contributed by atoms with E-state index in [9.17, 15) is 0 Å². The van der Waals surface area contributed by atoms with Gasteiger partial charge in [0.15, 0.2) is 0 Å². The van der Waals surface area contributed by atoms with Gasteiger partial charge in [0.05, 0.1) is 8.67 Å². The van der Waals surface area contributed by atoms with Gasteiger partial charge in [0.2, 0.25) is 0 Å². The van der Waals surface area contributed by atoms with E-state index in [2.05, 4.69) is 0 Å². The van der Waals surface area contributed by atoms with E-state index in [1.165, 1.54) is 22.7 Å². The van der Waals surface area contributed by atoms with Crippen LogP contribution in [0.25, 0.3) is 11.1 Å². The van der Waals surface area contributed by atoms with Crippen LogP contribution in [0.3, 0.4) is 0 Å². The van der Waals surface area contributed by atoms with E-state index in [1.54, 1.807) is 0 Å². The number of thiophene rings is 2. The minimum Gasteiger partial charge on any atom is -0.131 e. The molecule has 2 aromatic heterocycles. The van der Waals surface area contributed by atoms with Crippen molar-refractivity contribution in [2.24, 2.45) is 0 Å². The van der Waals surface area contributed by atoms with Gasteiger partial charge in [-0.25, -0.2) is 0 Å². The molecular weight excluding hydrogens is 267 g/mol. The Morgan fingerprint density at radius 2 is 1.77 bits per heavy atom. The normalized spacial score (nSPS) is 10.7. The van der Waals surface area contributed by atoms with Crippen molar-refractivity contribution in [1.82, 2.24) is 0 Å². The van der Waals surface area contributed by atoms with Crippen LogP contribution in [-0.2, 0) is 0 Å². The van der Waals surface area contributed by atoms with Crippen LogP contribution in [0.4, 0.5) is 0 Å². The fourth-order valence-corrected chi connectivity index (χ4v) is 3.38. The first-order valence-electron chi connectivity index (χ1n) is 3.36. The SMILES string of the molecule is Clc1cc(-c2cc(Cl)sc2Cl)cs1. The molecule has 68 valence electrons. The predicted octanol–water partition coefficient (Wildman–Crippen LogP) is 5.44. The van der Waals surface area contributed by atoms with Crippen molar-refractivity contribution >= 4 is 57.5 Å². The Hall–Kier alpha value is 0.270. The summed E-state index contributed by atoms with van der Waals surface area (Å²) in [4.78, 5) is 0. The molecule has 2 heterocycles. The molecule has 0 saturated heterocycles. The maximum absolute atomic E-state index is 5.98. The van der Waals surface area contributed by atoms with Gasteiger partial charge < -0.3 is 0 Å². The van der Waals surface area contributed by atoms with E-state index >= 15 is 0 Å². The first-order chi connectivity index (χ1) is 6.16. The molecule has 0 aromatic carbocycles. The number of halogens is 3. The maximum atomic E-state index is 5.98. The second kappa shape index (κ2) is 3.79. The van der Waals surface area contributed by atoms with Gasteiger partial charge in [-0.2, -0.15) is 0 Å². The van der Waals surface area contributed by atoms with E-state index in [4.69, 9.17) is 34.8 Å². The third-order valence-corrected chi connectivity index (χ3v) is 4.11. The largest absolute Gasteiger partial charge is 0.131 e. The Bertz CT molecular complexity index is 430. The molecule has 13 heavy (non-hydrogen) atoms. The van der Waals surface area contributed by atoms with Crippen molar-refractivity contribution in [3.05, 3.63) is 30.5 Å². The molecule has 0 radical (unpaired) electrons. The lowest BCUT2D eigenvalue weighted by molar-refractivity contribution is 1.83. The smallest absolute Gasteiger partial charge is 0.102 e. The van der Waals surface area contributed by atoms with Gasteiger partial charge in [0, 0.05) is 10.9 Å². The zero-order valence-corrected chi connectivity index (χ0v) is 10.1. The highest BCUT2D eigenvalue weighted by Gasteiger charge is 2.09. The lowest BCUT2D eigenvalue weighted by atomic mass is 10.2. The van der Waals surface area contributed by atoms with Crippen molar-refractivity contribution in [2.45, 2.75) is 0 Å². The van der Waals surface area contributed by atoms with Gasteiger partial charge >= 0.3 is 0 Å². The molecule has 0 unspecified atom stereocenters. The molecule has 5 heteroatoms. The van der Waals surface area contributed by atoms with Gasteiger partial charge in [0.1, 0.15) is 4.34 Å². The van der Waals surface area contributed by atoms with E-state index in [1.807, 2.05) is 17.5 Å². The van der Waals surface area contributed by atoms with Gasteiger partial charge in [0.25, 0.3) is 0 Å². The zero-order valence-electron chi connectivity index (χ0n) is 6.18. The summed E-state index contributed by atoms with van der Waals surface area (Å²) < 4.78 is 2.16. The minimum atomic E-state index is 0.697. The lowest BCUT2D eigenvalue weighted by Crippen LogP contribution is -1.65. The molecule has 0 atom stereocenters. The monoisotopic (exact) mass is 268 g/mol. The minimum absolute atomic E-state index is 0.697. The third kappa shape index (κ3) is 2.03. The second-order valence-corrected chi connectivity index (χ2v) is 6.21. The van der Waals surface area contributed by atoms with Crippen LogP contribution >= 0.6 is 57.5 Å². The number of hydrogen-bond acceptors (Lipinski definition) is 2. The standard InChI is InChI=1S/C8H3Cl3S2/c9-6-1-4(3-12-6)5-2-7(10)13-8(5)11/h1-3H. The molecule has 0 saturated carbocycles. The van der Waals surface area contributed by atoms with E-state index in [-0.39, 0.29) is 0 Å². The molecule has 0 spiro atoms. The van der Waals surface area contributed by atoms with Crippen molar-refractivity contribution in [2.75, 3.05) is 0 Å². The molecule has 2 aromatic rings. The number of rotatable bonds is 1. The fourth-order valence-electron chi connectivity index (χ4n) is 0.988. The summed E-state index contributed by atoms with van der Waals surface area (Å²) in [6.45, 7) is 0. The average Bonchev–Trinajstić information content (AvgIpc) is 2.58. The Labute approximate surface area is 98.7 Å². The Kier molecular flexibility index (Phi) is 2.86. The summed E-state index contributed by atoms with van der Waals surface area (Å²) in [7, 11) is 0. The Morgan fingerprint density at radius 1 is 1.00 bits per heavy atom. The molecule has 0 aliphatic carbocycles. The maximum Gasteiger partial charge on any atom is 0.102 e. The van der Waals surface area contributed by atoms with Crippen molar-refractivity contribution in [1.29, 1.82) is 0 Å². The van der Waals surface area contributed by atoms with Gasteiger partial charge in [-0.15, -0.1) is 22.7 Å². The highest BCUT2D eigenvalue weighted by Crippen LogP contribution is 2.40. The lowest BCUT2D eigenvalue weighted by Gasteiger charge is -1.90. The van der Waals surface area contributed by atoms with Crippen molar-refractivity contribution in [3.63, 3.8) is 0 Å². The second-order valence-electron chi connectivity index (χ2n) is 2.38. The topological polar surface area (TPSA) is 0 Å². The van der Waals surface area contributed by atoms with Crippen LogP contribution in [-0.4, -0.2) is 0 Å². The van der Waals surface area contributed by atoms with E-state index < -0.39 is 0 Å². The number of hydrogen-bond donors (Lipinski definition) is 0. The molecule has 0 aliphatic heterocycles. The molecule has 0 nitrogen and oxygen atoms in total. The summed E-state index contributed by atoms with van der Waals surface area (Å²) in [6, 6.07) is 3.74. The molecule has 0 fully saturated rings. The van der Waals surface area contributed by atoms with Gasteiger partial charge in [-0.05, 0) is 17.7 Å². The fraction of sp³-hybridized carbons (Fsp3) is 0. The van der Waals surface area contributed by atoms with Crippen LogP contribution in [0.5, 0.6) is 0 Å². The van der Waals surface area contributed by atoms with Crippen LogP contribution in [0.2, 0.25) is 13.0 Å². The summed E-state index contributed by atoms with van der Waals surface area (Å²) in [5.74, 6) is 0. The van der Waals surface area contributed by atoms with Crippen molar-refractivity contribution in [3.8, 4) is 11.1 Å². The average molecular weight is 270 g/mol. The molecule has 0 amide bonds. The third-order valence-electron chi connectivity index (χ3n) is 1.54. The summed E-state index contributed by atoms with van der Waals surface area (Å²) in [5.41, 5.74) is 1.99. The van der Waals surface area contributed by atoms with E-state index in [0.29, 0.717) is 8.67 Å². The molecule has 2 rings (SSSR count). The van der Waals surface area contributed by atoms with Crippen LogP contribution in [0.1, 0.15) is 0 Å². The Balaban J connectivity index is 2.51. The summed E-state index contributed by atoms with van der Waals surface area (Å²) in [5, 5.41) is 1.96. The molecule has 0 aliphatic rings. The first kappa shape index (κ1) is 9.81. The van der Waals surface area contributed by atoms with Gasteiger partial charge in [-0.1, -0.05) is 34.8 Å². The molecular formula is C8H3Cl3S2. The highest BCUT2D eigenvalue weighted by atomic mass is 35.5. The zero-order chi connectivity index (χ0) is 9.42. The van der Waals surface area contributed by atoms with Crippen molar-refractivity contribution < 1.29 is 0 Å². The molecule has 0 bridgehead atoms. The van der Waals surface area contributed by atoms with Crippen LogP contribution in [0.15, 0.2) is 17.5 Å². The first-order valence-corrected chi connectivity index (χ1v) is 6.19. The predicted molar refractivity (Wildman–Crippen MR) is 62.7 cm³/mol.